The molecular weight excluding hydrogens is 460 g/mol. The number of nitrogens with zero attached hydrogens (tertiary/aromatic N) is 2. The molecule has 37 heavy (non-hydrogen) atoms. The van der Waals surface area contributed by atoms with Crippen LogP contribution in [0.5, 0.6) is 5.75 Å². The predicted molar refractivity (Wildman–Crippen MR) is 158 cm³/mol. The van der Waals surface area contributed by atoms with Gasteiger partial charge >= 0.3 is 0 Å². The van der Waals surface area contributed by atoms with Gasteiger partial charge in [0.2, 0.25) is 0 Å². The van der Waals surface area contributed by atoms with Crippen molar-refractivity contribution in [3.8, 4) is 17.6 Å². The molecular formula is C32H58N2O3. The molecule has 1 aromatic heterocycles. The second-order valence-electron chi connectivity index (χ2n) is 10.7. The van der Waals surface area contributed by atoms with Crippen LogP contribution in [0.1, 0.15) is 107 Å². The third-order valence-corrected chi connectivity index (χ3v) is 6.25. The zero-order valence-corrected chi connectivity index (χ0v) is 26.2. The minimum absolute atomic E-state index is 0.0789. The van der Waals surface area contributed by atoms with Crippen molar-refractivity contribution in [2.45, 2.75) is 120 Å². The van der Waals surface area contributed by atoms with E-state index in [4.69, 9.17) is 14.2 Å². The summed E-state index contributed by atoms with van der Waals surface area (Å²) in [6.45, 7) is 24.0. The average molecular weight is 519 g/mol. The Morgan fingerprint density at radius 1 is 0.919 bits per heavy atom. The lowest BCUT2D eigenvalue weighted by Gasteiger charge is -2.35. The van der Waals surface area contributed by atoms with Gasteiger partial charge in [0.1, 0.15) is 17.5 Å². The molecule has 5 nitrogen and oxygen atoms in total. The van der Waals surface area contributed by atoms with Gasteiger partial charge in [-0.3, -0.25) is 0 Å². The maximum Gasteiger partial charge on any atom is 0.138 e. The van der Waals surface area contributed by atoms with Crippen LogP contribution in [0.4, 0.5) is 0 Å². The maximum absolute atomic E-state index is 6.27. The van der Waals surface area contributed by atoms with Crippen molar-refractivity contribution in [2.75, 3.05) is 33.9 Å². The molecule has 1 aliphatic carbocycles. The smallest absolute Gasteiger partial charge is 0.138 e. The summed E-state index contributed by atoms with van der Waals surface area (Å²) in [6.07, 6.45) is 7.89. The van der Waals surface area contributed by atoms with E-state index in [9.17, 15) is 0 Å². The molecule has 0 amide bonds. The lowest BCUT2D eigenvalue weighted by molar-refractivity contribution is -0.0382. The fourth-order valence-corrected chi connectivity index (χ4v) is 4.54. The number of rotatable bonds is 8. The van der Waals surface area contributed by atoms with Gasteiger partial charge in [-0.05, 0) is 63.6 Å². The van der Waals surface area contributed by atoms with Crippen LogP contribution in [0.3, 0.4) is 0 Å². The van der Waals surface area contributed by atoms with Crippen LogP contribution in [0, 0.1) is 22.7 Å². The van der Waals surface area contributed by atoms with E-state index >= 15 is 0 Å². The molecule has 2 aliphatic rings. The molecule has 2 heterocycles. The highest BCUT2D eigenvalue weighted by molar-refractivity contribution is 5.32. The van der Waals surface area contributed by atoms with Crippen LogP contribution >= 0.6 is 0 Å². The van der Waals surface area contributed by atoms with Gasteiger partial charge in [0, 0.05) is 38.5 Å². The number of hydrogen-bond acceptors (Lipinski definition) is 5. The molecule has 3 rings (SSSR count). The van der Waals surface area contributed by atoms with Crippen molar-refractivity contribution in [3.63, 3.8) is 0 Å². The first-order valence-electron chi connectivity index (χ1n) is 14.6. The highest BCUT2D eigenvalue weighted by atomic mass is 16.5. The fraction of sp³-hybridized carbons (Fsp3) is 0.781. The molecule has 0 bridgehead atoms. The third kappa shape index (κ3) is 14.2. The minimum atomic E-state index is -0.114. The lowest BCUT2D eigenvalue weighted by atomic mass is 9.76. The molecule has 1 saturated heterocycles. The Kier molecular flexibility index (Phi) is 17.8. The zero-order valence-electron chi connectivity index (χ0n) is 26.2. The summed E-state index contributed by atoms with van der Waals surface area (Å²) in [6, 6.07) is 3.91. The van der Waals surface area contributed by atoms with Crippen molar-refractivity contribution in [3.05, 3.63) is 24.0 Å². The van der Waals surface area contributed by atoms with Gasteiger partial charge in [-0.25, -0.2) is 4.98 Å². The number of hydrogen-bond donors (Lipinski definition) is 0. The number of aromatic nitrogens is 1. The lowest BCUT2D eigenvalue weighted by Crippen LogP contribution is -2.38. The summed E-state index contributed by atoms with van der Waals surface area (Å²) in [4.78, 5) is 6.85. The number of piperidine rings is 1. The second-order valence-corrected chi connectivity index (χ2v) is 10.7. The summed E-state index contributed by atoms with van der Waals surface area (Å²) in [5, 5.41) is 0. The monoisotopic (exact) mass is 518 g/mol. The van der Waals surface area contributed by atoms with Crippen LogP contribution in [0.15, 0.2) is 18.3 Å². The quantitative estimate of drug-likeness (QED) is 0.331. The average Bonchev–Trinajstić information content (AvgIpc) is 2.88. The van der Waals surface area contributed by atoms with Crippen molar-refractivity contribution in [1.82, 2.24) is 9.88 Å². The van der Waals surface area contributed by atoms with E-state index in [0.717, 1.165) is 63.2 Å². The molecule has 5 heteroatoms. The van der Waals surface area contributed by atoms with Crippen LogP contribution in [0.25, 0.3) is 0 Å². The normalized spacial score (nSPS) is 19.8. The number of methoxy groups -OCH3 is 1. The van der Waals surface area contributed by atoms with E-state index in [1.807, 2.05) is 53.7 Å². The van der Waals surface area contributed by atoms with Gasteiger partial charge in [0.05, 0.1) is 25.0 Å². The van der Waals surface area contributed by atoms with Crippen molar-refractivity contribution in [1.29, 1.82) is 0 Å². The van der Waals surface area contributed by atoms with E-state index in [-0.39, 0.29) is 16.9 Å². The van der Waals surface area contributed by atoms with E-state index in [2.05, 4.69) is 56.5 Å². The van der Waals surface area contributed by atoms with Gasteiger partial charge in [0.25, 0.3) is 0 Å². The van der Waals surface area contributed by atoms with Crippen molar-refractivity contribution < 1.29 is 14.2 Å². The Hall–Kier alpha value is -1.61. The molecule has 1 aliphatic heterocycles. The molecule has 0 spiro atoms. The number of likely N-dealkylation sites (tertiary alicyclic amines) is 1. The van der Waals surface area contributed by atoms with Crippen molar-refractivity contribution >= 4 is 0 Å². The van der Waals surface area contributed by atoms with Gasteiger partial charge in [-0.1, -0.05) is 61.3 Å². The minimum Gasteiger partial charge on any atom is -0.489 e. The summed E-state index contributed by atoms with van der Waals surface area (Å²) in [7, 11) is 3.93. The molecule has 0 N–H and O–H groups in total. The summed E-state index contributed by atoms with van der Waals surface area (Å²) in [5.74, 6) is 7.50. The molecule has 0 radical (unpaired) electrons. The largest absolute Gasteiger partial charge is 0.489 e. The molecule has 1 aromatic rings. The predicted octanol–water partition coefficient (Wildman–Crippen LogP) is 7.62. The van der Waals surface area contributed by atoms with Crippen molar-refractivity contribution in [2.24, 2.45) is 10.8 Å². The Morgan fingerprint density at radius 3 is 2.03 bits per heavy atom. The molecule has 214 valence electrons. The van der Waals surface area contributed by atoms with Crippen LogP contribution in [-0.2, 0) is 9.47 Å². The van der Waals surface area contributed by atoms with Gasteiger partial charge in [0.15, 0.2) is 0 Å². The zero-order chi connectivity index (χ0) is 28.5. The maximum atomic E-state index is 6.27. The first kappa shape index (κ1) is 35.4. The standard InChI is InChI=1S/C26H40N2O3.3C2H6/c1-25(2,18-26(3,4)19-30-21-10-13-28(5)14-11-21)12-9-20-7-8-22(17-27-20)31-24-15-23(16-24)29-6;3*1-2/h7-8,17,21,23-24H,10-11,13-16,18-19H2,1-6H3;3*1-2H3. The Morgan fingerprint density at radius 2 is 1.51 bits per heavy atom. The first-order valence-corrected chi connectivity index (χ1v) is 14.6. The van der Waals surface area contributed by atoms with E-state index in [0.29, 0.717) is 12.2 Å². The highest BCUT2D eigenvalue weighted by Gasteiger charge is 2.31. The van der Waals surface area contributed by atoms with Crippen LogP contribution in [0.2, 0.25) is 0 Å². The molecule has 1 saturated carbocycles. The molecule has 0 aromatic carbocycles. The summed E-state index contributed by atoms with van der Waals surface area (Å²) < 4.78 is 17.5. The highest BCUT2D eigenvalue weighted by Crippen LogP contribution is 2.34. The molecule has 2 fully saturated rings. The fourth-order valence-electron chi connectivity index (χ4n) is 4.54. The Balaban J connectivity index is 0.00000201. The SMILES string of the molecule is CC.CC.CC.COC1CC(Oc2ccc(C#CC(C)(C)CC(C)(C)COC3CCN(C)CC3)nc2)C1. The summed E-state index contributed by atoms with van der Waals surface area (Å²) in [5.41, 5.74) is 0.747. The third-order valence-electron chi connectivity index (χ3n) is 6.25. The van der Waals surface area contributed by atoms with E-state index in [1.165, 1.54) is 0 Å². The molecule has 0 atom stereocenters. The van der Waals surface area contributed by atoms with Gasteiger partial charge < -0.3 is 19.1 Å². The first-order chi connectivity index (χ1) is 17.6. The Bertz CT molecular complexity index is 750. The topological polar surface area (TPSA) is 43.8 Å². The summed E-state index contributed by atoms with van der Waals surface area (Å²) >= 11 is 0. The number of ether oxygens (including phenoxy) is 3. The van der Waals surface area contributed by atoms with E-state index < -0.39 is 0 Å². The van der Waals surface area contributed by atoms with Gasteiger partial charge in [-0.2, -0.15) is 0 Å². The van der Waals surface area contributed by atoms with Crippen LogP contribution < -0.4 is 4.74 Å². The number of pyridine rings is 1. The Labute approximate surface area is 230 Å². The van der Waals surface area contributed by atoms with Gasteiger partial charge in [-0.15, -0.1) is 0 Å². The van der Waals surface area contributed by atoms with E-state index in [1.54, 1.807) is 13.3 Å². The molecule has 0 unspecified atom stereocenters. The van der Waals surface area contributed by atoms with Crippen LogP contribution in [-0.4, -0.2) is 62.0 Å². The second kappa shape index (κ2) is 18.6.